The molecule has 1 aliphatic carbocycles. The van der Waals surface area contributed by atoms with E-state index in [9.17, 15) is 4.79 Å². The molecule has 88 valence electrons. The average molecular weight is 230 g/mol. The average Bonchev–Trinajstić information content (AvgIpc) is 3.14. The maximum absolute atomic E-state index is 12.0. The van der Waals surface area contributed by atoms with Gasteiger partial charge in [0.1, 0.15) is 11.3 Å². The Hall–Kier alpha value is -1.77. The maximum Gasteiger partial charge on any atom is 0.201 e. The van der Waals surface area contributed by atoms with E-state index >= 15 is 0 Å². The zero-order valence-corrected chi connectivity index (χ0v) is 9.95. The van der Waals surface area contributed by atoms with Gasteiger partial charge in [-0.3, -0.25) is 4.79 Å². The summed E-state index contributed by atoms with van der Waals surface area (Å²) in [6, 6.07) is 5.61. The molecule has 0 N–H and O–H groups in total. The Morgan fingerprint density at radius 3 is 2.82 bits per heavy atom. The second kappa shape index (κ2) is 3.62. The molecular weight excluding hydrogens is 216 g/mol. The predicted molar refractivity (Wildman–Crippen MR) is 64.6 cm³/mol. The van der Waals surface area contributed by atoms with Crippen molar-refractivity contribution in [2.24, 2.45) is 5.92 Å². The number of fused-ring (bicyclic) bond motifs is 1. The summed E-state index contributed by atoms with van der Waals surface area (Å²) >= 11 is 0. The van der Waals surface area contributed by atoms with Crippen molar-refractivity contribution in [2.45, 2.75) is 19.8 Å². The third-order valence-corrected chi connectivity index (χ3v) is 3.32. The van der Waals surface area contributed by atoms with Crippen LogP contribution in [0, 0.1) is 12.8 Å². The van der Waals surface area contributed by atoms with Gasteiger partial charge in [0.05, 0.1) is 7.11 Å². The third kappa shape index (κ3) is 1.62. The zero-order valence-electron chi connectivity index (χ0n) is 9.95. The number of ketones is 1. The van der Waals surface area contributed by atoms with E-state index in [1.807, 2.05) is 25.1 Å². The predicted octanol–water partition coefficient (Wildman–Crippen LogP) is 3.34. The van der Waals surface area contributed by atoms with Crippen molar-refractivity contribution in [1.29, 1.82) is 0 Å². The van der Waals surface area contributed by atoms with Gasteiger partial charge in [0.2, 0.25) is 5.78 Å². The van der Waals surface area contributed by atoms with Crippen molar-refractivity contribution in [3.8, 4) is 5.75 Å². The molecule has 0 aliphatic heterocycles. The molecule has 0 bridgehead atoms. The van der Waals surface area contributed by atoms with Crippen LogP contribution in [0.5, 0.6) is 5.75 Å². The smallest absolute Gasteiger partial charge is 0.201 e. The fourth-order valence-corrected chi connectivity index (χ4v) is 2.09. The maximum atomic E-state index is 12.0. The van der Waals surface area contributed by atoms with Crippen LogP contribution in [0.25, 0.3) is 11.0 Å². The first-order valence-corrected chi connectivity index (χ1v) is 5.82. The molecule has 17 heavy (non-hydrogen) atoms. The van der Waals surface area contributed by atoms with E-state index in [0.29, 0.717) is 5.76 Å². The van der Waals surface area contributed by atoms with E-state index in [0.717, 1.165) is 35.1 Å². The molecule has 1 aromatic heterocycles. The molecule has 1 fully saturated rings. The number of hydrogen-bond donors (Lipinski definition) is 0. The van der Waals surface area contributed by atoms with Gasteiger partial charge in [0.25, 0.3) is 0 Å². The van der Waals surface area contributed by atoms with Crippen LogP contribution < -0.4 is 4.74 Å². The minimum Gasteiger partial charge on any atom is -0.497 e. The first-order valence-electron chi connectivity index (χ1n) is 5.82. The summed E-state index contributed by atoms with van der Waals surface area (Å²) in [5, 5.41) is 0.966. The number of carbonyl (C=O) groups is 1. The van der Waals surface area contributed by atoms with Crippen LogP contribution in [0.1, 0.15) is 29.0 Å². The quantitative estimate of drug-likeness (QED) is 0.759. The largest absolute Gasteiger partial charge is 0.497 e. The van der Waals surface area contributed by atoms with E-state index in [1.165, 1.54) is 0 Å². The second-order valence-electron chi connectivity index (χ2n) is 4.56. The Morgan fingerprint density at radius 2 is 2.18 bits per heavy atom. The molecule has 1 heterocycles. The van der Waals surface area contributed by atoms with E-state index in [-0.39, 0.29) is 11.7 Å². The number of benzene rings is 1. The number of methoxy groups -OCH3 is 1. The highest BCUT2D eigenvalue weighted by molar-refractivity contribution is 6.02. The van der Waals surface area contributed by atoms with E-state index in [4.69, 9.17) is 9.15 Å². The lowest BCUT2D eigenvalue weighted by Gasteiger charge is -1.97. The first kappa shape index (κ1) is 10.4. The number of hydrogen-bond acceptors (Lipinski definition) is 3. The fraction of sp³-hybridized carbons (Fsp3) is 0.357. The monoisotopic (exact) mass is 230 g/mol. The Labute approximate surface area is 99.4 Å². The summed E-state index contributed by atoms with van der Waals surface area (Å²) in [5.74, 6) is 1.65. The highest BCUT2D eigenvalue weighted by Gasteiger charge is 2.33. The molecule has 2 aromatic rings. The lowest BCUT2D eigenvalue weighted by molar-refractivity contribution is 0.0941. The van der Waals surface area contributed by atoms with Crippen molar-refractivity contribution in [2.75, 3.05) is 7.11 Å². The summed E-state index contributed by atoms with van der Waals surface area (Å²) < 4.78 is 10.8. The van der Waals surface area contributed by atoms with Gasteiger partial charge in [0, 0.05) is 16.9 Å². The molecule has 0 saturated heterocycles. The van der Waals surface area contributed by atoms with E-state index < -0.39 is 0 Å². The van der Waals surface area contributed by atoms with Crippen LogP contribution in [-0.2, 0) is 0 Å². The Morgan fingerprint density at radius 1 is 1.41 bits per heavy atom. The van der Waals surface area contributed by atoms with E-state index in [2.05, 4.69) is 0 Å². The van der Waals surface area contributed by atoms with Gasteiger partial charge in [-0.1, -0.05) is 0 Å². The standard InChI is InChI=1S/C14H14O3/c1-8-11-7-10(16-2)5-6-12(11)17-14(8)13(15)9-3-4-9/h5-7,9H,3-4H2,1-2H3. The lowest BCUT2D eigenvalue weighted by atomic mass is 10.1. The highest BCUT2D eigenvalue weighted by atomic mass is 16.5. The lowest BCUT2D eigenvalue weighted by Crippen LogP contribution is -2.00. The van der Waals surface area contributed by atoms with Crippen LogP contribution in [0.4, 0.5) is 0 Å². The molecule has 3 heteroatoms. The van der Waals surface area contributed by atoms with Gasteiger partial charge in [-0.2, -0.15) is 0 Å². The highest BCUT2D eigenvalue weighted by Crippen LogP contribution is 2.36. The summed E-state index contributed by atoms with van der Waals surface area (Å²) in [4.78, 5) is 12.0. The second-order valence-corrected chi connectivity index (χ2v) is 4.56. The number of aryl methyl sites for hydroxylation is 1. The van der Waals surface area contributed by atoms with Gasteiger partial charge < -0.3 is 9.15 Å². The Kier molecular flexibility index (Phi) is 2.21. The van der Waals surface area contributed by atoms with Crippen molar-refractivity contribution >= 4 is 16.8 Å². The molecule has 3 rings (SSSR count). The molecular formula is C14H14O3. The van der Waals surface area contributed by atoms with Crippen LogP contribution in [0.15, 0.2) is 22.6 Å². The SMILES string of the molecule is COc1ccc2oc(C(=O)C3CC3)c(C)c2c1. The molecule has 0 atom stereocenters. The van der Waals surface area contributed by atoms with Crippen molar-refractivity contribution in [3.05, 3.63) is 29.5 Å². The molecule has 3 nitrogen and oxygen atoms in total. The minimum atomic E-state index is 0.151. The molecule has 1 saturated carbocycles. The summed E-state index contributed by atoms with van der Waals surface area (Å²) in [7, 11) is 1.63. The van der Waals surface area contributed by atoms with Crippen LogP contribution in [0.2, 0.25) is 0 Å². The fourth-order valence-electron chi connectivity index (χ4n) is 2.09. The Balaban J connectivity index is 2.14. The summed E-state index contributed by atoms with van der Waals surface area (Å²) in [6.07, 6.45) is 2.00. The topological polar surface area (TPSA) is 39.4 Å². The summed E-state index contributed by atoms with van der Waals surface area (Å²) in [6.45, 7) is 1.93. The van der Waals surface area contributed by atoms with Gasteiger partial charge in [-0.25, -0.2) is 0 Å². The van der Waals surface area contributed by atoms with Crippen molar-refractivity contribution < 1.29 is 13.9 Å². The number of furan rings is 1. The first-order chi connectivity index (χ1) is 8.20. The normalized spacial score (nSPS) is 15.2. The molecule has 0 spiro atoms. The Bertz CT molecular complexity index is 591. The molecule has 0 radical (unpaired) electrons. The van der Waals surface area contributed by atoms with Gasteiger partial charge >= 0.3 is 0 Å². The van der Waals surface area contributed by atoms with E-state index in [1.54, 1.807) is 7.11 Å². The van der Waals surface area contributed by atoms with Crippen molar-refractivity contribution in [3.63, 3.8) is 0 Å². The van der Waals surface area contributed by atoms with Crippen molar-refractivity contribution in [1.82, 2.24) is 0 Å². The molecule has 1 aliphatic rings. The van der Waals surface area contributed by atoms with Gasteiger partial charge in [-0.15, -0.1) is 0 Å². The number of ether oxygens (including phenoxy) is 1. The van der Waals surface area contributed by atoms with Gasteiger partial charge in [0.15, 0.2) is 5.76 Å². The zero-order chi connectivity index (χ0) is 12.0. The number of rotatable bonds is 3. The third-order valence-electron chi connectivity index (χ3n) is 3.32. The molecule has 0 unspecified atom stereocenters. The van der Waals surface area contributed by atoms with Gasteiger partial charge in [-0.05, 0) is 38.0 Å². The summed E-state index contributed by atoms with van der Waals surface area (Å²) in [5.41, 5.74) is 1.68. The minimum absolute atomic E-state index is 0.151. The molecule has 1 aromatic carbocycles. The number of carbonyl (C=O) groups excluding carboxylic acids is 1. The molecule has 0 amide bonds. The van der Waals surface area contributed by atoms with Crippen LogP contribution >= 0.6 is 0 Å². The number of Topliss-reactive ketones (excluding diaryl/α,β-unsaturated/α-hetero) is 1. The van der Waals surface area contributed by atoms with Crippen LogP contribution in [0.3, 0.4) is 0 Å². The van der Waals surface area contributed by atoms with Crippen LogP contribution in [-0.4, -0.2) is 12.9 Å².